The van der Waals surface area contributed by atoms with E-state index in [0.717, 1.165) is 16.9 Å². The van der Waals surface area contributed by atoms with E-state index < -0.39 is 12.1 Å². The Kier molecular flexibility index (Phi) is 5.98. The maximum atomic E-state index is 12.7. The van der Waals surface area contributed by atoms with Crippen molar-refractivity contribution >= 4 is 11.8 Å². The van der Waals surface area contributed by atoms with Crippen molar-refractivity contribution in [3.8, 4) is 5.75 Å². The molecule has 0 unspecified atom stereocenters. The molecule has 0 saturated carbocycles. The molecular formula is C19H27N3O5. The van der Waals surface area contributed by atoms with Gasteiger partial charge < -0.3 is 24.4 Å². The predicted octanol–water partition coefficient (Wildman–Crippen LogP) is -0.313. The van der Waals surface area contributed by atoms with Crippen molar-refractivity contribution in [1.82, 2.24) is 14.7 Å². The second-order valence-corrected chi connectivity index (χ2v) is 7.01. The minimum absolute atomic E-state index is 0.117. The van der Waals surface area contributed by atoms with Crippen LogP contribution in [0.15, 0.2) is 18.2 Å². The third kappa shape index (κ3) is 3.78. The zero-order valence-electron chi connectivity index (χ0n) is 16.1. The molecule has 2 aliphatic heterocycles. The fraction of sp³-hybridized carbons (Fsp3) is 0.579. The number of aliphatic hydroxyl groups excluding tert-OH is 1. The molecule has 0 spiro atoms. The number of hydrogen-bond donors (Lipinski definition) is 1. The highest BCUT2D eigenvalue weighted by atomic mass is 16.5. The Labute approximate surface area is 159 Å². The number of nitrogens with zero attached hydrogens (tertiary/aromatic N) is 3. The summed E-state index contributed by atoms with van der Waals surface area (Å²) in [5.74, 6) is 0.499. The molecule has 148 valence electrons. The minimum atomic E-state index is -0.765. The summed E-state index contributed by atoms with van der Waals surface area (Å²) in [4.78, 5) is 30.3. The monoisotopic (exact) mass is 377 g/mol. The van der Waals surface area contributed by atoms with Gasteiger partial charge in [-0.1, -0.05) is 6.07 Å². The Hall–Kier alpha value is -2.16. The maximum Gasteiger partial charge on any atom is 0.248 e. The van der Waals surface area contributed by atoms with Gasteiger partial charge in [-0.3, -0.25) is 14.5 Å². The van der Waals surface area contributed by atoms with Gasteiger partial charge >= 0.3 is 0 Å². The molecule has 1 aromatic carbocycles. The number of rotatable bonds is 6. The first-order valence-electron chi connectivity index (χ1n) is 9.05. The molecule has 8 heteroatoms. The van der Waals surface area contributed by atoms with E-state index >= 15 is 0 Å². The topological polar surface area (TPSA) is 82.6 Å². The molecule has 0 radical (unpaired) electrons. The Bertz CT molecular complexity index is 711. The largest absolute Gasteiger partial charge is 0.496 e. The maximum absolute atomic E-state index is 12.7. The van der Waals surface area contributed by atoms with E-state index in [4.69, 9.17) is 9.47 Å². The molecule has 2 heterocycles. The van der Waals surface area contributed by atoms with Crippen molar-refractivity contribution < 1.29 is 24.2 Å². The number of likely N-dealkylation sites (N-methyl/N-ethyl adjacent to an activating group) is 1. The van der Waals surface area contributed by atoms with Gasteiger partial charge in [-0.15, -0.1) is 0 Å². The first-order valence-corrected chi connectivity index (χ1v) is 9.05. The van der Waals surface area contributed by atoms with Gasteiger partial charge in [-0.25, -0.2) is 0 Å². The van der Waals surface area contributed by atoms with E-state index in [9.17, 15) is 14.7 Å². The van der Waals surface area contributed by atoms with Crippen LogP contribution in [0.1, 0.15) is 11.1 Å². The minimum Gasteiger partial charge on any atom is -0.496 e. The lowest BCUT2D eigenvalue weighted by Crippen LogP contribution is -2.69. The molecule has 2 aliphatic rings. The van der Waals surface area contributed by atoms with Gasteiger partial charge in [-0.2, -0.15) is 0 Å². The number of carbonyl (C=O) groups excluding carboxylic acids is 2. The Balaban J connectivity index is 1.72. The van der Waals surface area contributed by atoms with E-state index in [1.807, 2.05) is 12.1 Å². The van der Waals surface area contributed by atoms with Crippen molar-refractivity contribution in [2.24, 2.45) is 0 Å². The Morgan fingerprint density at radius 1 is 1.19 bits per heavy atom. The quantitative estimate of drug-likeness (QED) is 0.732. The average Bonchev–Trinajstić information content (AvgIpc) is 2.67. The third-order valence-corrected chi connectivity index (χ3v) is 5.36. The van der Waals surface area contributed by atoms with Gasteiger partial charge in [0.25, 0.3) is 0 Å². The molecule has 2 atom stereocenters. The zero-order valence-corrected chi connectivity index (χ0v) is 16.1. The van der Waals surface area contributed by atoms with Crippen LogP contribution in [0.2, 0.25) is 0 Å². The van der Waals surface area contributed by atoms with Crippen molar-refractivity contribution in [2.75, 3.05) is 47.5 Å². The molecule has 2 fully saturated rings. The van der Waals surface area contributed by atoms with Crippen LogP contribution < -0.4 is 4.74 Å². The van der Waals surface area contributed by atoms with Gasteiger partial charge in [0, 0.05) is 45.9 Å². The normalized spacial score (nSPS) is 23.6. The van der Waals surface area contributed by atoms with Crippen LogP contribution in [-0.2, 0) is 27.5 Å². The lowest BCUT2D eigenvalue weighted by atomic mass is 10.0. The standard InChI is InChI=1S/C19H27N3O5/c1-20-16(11-23)19(25)22-7-6-21(10-15(22)18(20)24)9-13-4-5-17(27-3)14(8-13)12-26-2/h4-5,8,15-16,23H,6-7,9-12H2,1-3H3/t15-,16+/m1/s1. The Morgan fingerprint density at radius 2 is 1.96 bits per heavy atom. The lowest BCUT2D eigenvalue weighted by molar-refractivity contribution is -0.165. The Morgan fingerprint density at radius 3 is 2.63 bits per heavy atom. The summed E-state index contributed by atoms with van der Waals surface area (Å²) in [5, 5.41) is 9.43. The van der Waals surface area contributed by atoms with Gasteiger partial charge in [0.15, 0.2) is 0 Å². The van der Waals surface area contributed by atoms with Crippen LogP contribution in [0, 0.1) is 0 Å². The van der Waals surface area contributed by atoms with Crippen molar-refractivity contribution in [3.05, 3.63) is 29.3 Å². The second kappa shape index (κ2) is 8.24. The number of hydrogen-bond acceptors (Lipinski definition) is 6. The molecule has 0 bridgehead atoms. The molecule has 0 aromatic heterocycles. The fourth-order valence-electron chi connectivity index (χ4n) is 3.86. The molecule has 1 N–H and O–H groups in total. The fourth-order valence-corrected chi connectivity index (χ4v) is 3.86. The van der Waals surface area contributed by atoms with Crippen molar-refractivity contribution in [2.45, 2.75) is 25.2 Å². The molecule has 27 heavy (non-hydrogen) atoms. The lowest BCUT2D eigenvalue weighted by Gasteiger charge is -2.48. The van der Waals surface area contributed by atoms with Gasteiger partial charge in [0.1, 0.15) is 17.8 Å². The van der Waals surface area contributed by atoms with Gasteiger partial charge in [0.05, 0.1) is 20.3 Å². The van der Waals surface area contributed by atoms with Crippen LogP contribution in [0.25, 0.3) is 0 Å². The number of amides is 2. The van der Waals surface area contributed by atoms with Crippen LogP contribution >= 0.6 is 0 Å². The zero-order chi connectivity index (χ0) is 19.6. The van der Waals surface area contributed by atoms with Crippen LogP contribution in [-0.4, -0.2) is 91.2 Å². The van der Waals surface area contributed by atoms with E-state index in [0.29, 0.717) is 32.8 Å². The van der Waals surface area contributed by atoms with E-state index in [1.54, 1.807) is 26.2 Å². The number of ether oxygens (including phenoxy) is 2. The summed E-state index contributed by atoms with van der Waals surface area (Å²) in [6.45, 7) is 2.46. The van der Waals surface area contributed by atoms with Crippen LogP contribution in [0.5, 0.6) is 5.75 Å². The molecule has 2 amide bonds. The van der Waals surface area contributed by atoms with E-state index in [2.05, 4.69) is 11.0 Å². The average molecular weight is 377 g/mol. The molecule has 3 rings (SSSR count). The molecule has 1 aromatic rings. The van der Waals surface area contributed by atoms with Crippen LogP contribution in [0.4, 0.5) is 0 Å². The second-order valence-electron chi connectivity index (χ2n) is 7.01. The summed E-state index contributed by atoms with van der Waals surface area (Å²) in [5.41, 5.74) is 2.08. The van der Waals surface area contributed by atoms with E-state index in [1.165, 1.54) is 4.90 Å². The first kappa shape index (κ1) is 19.6. The number of carbonyl (C=O) groups is 2. The summed E-state index contributed by atoms with van der Waals surface area (Å²) in [7, 11) is 4.86. The van der Waals surface area contributed by atoms with Crippen molar-refractivity contribution in [3.63, 3.8) is 0 Å². The SMILES string of the molecule is COCc1cc(CN2CCN3C(=O)[C@H](CO)N(C)C(=O)[C@H]3C2)ccc1OC. The number of aliphatic hydroxyl groups is 1. The smallest absolute Gasteiger partial charge is 0.248 e. The first-order chi connectivity index (χ1) is 13.0. The van der Waals surface area contributed by atoms with E-state index in [-0.39, 0.29) is 18.4 Å². The summed E-state index contributed by atoms with van der Waals surface area (Å²) >= 11 is 0. The third-order valence-electron chi connectivity index (χ3n) is 5.36. The highest BCUT2D eigenvalue weighted by Crippen LogP contribution is 2.24. The number of benzene rings is 1. The number of piperazine rings is 2. The van der Waals surface area contributed by atoms with Gasteiger partial charge in [0.2, 0.25) is 11.8 Å². The summed E-state index contributed by atoms with van der Waals surface area (Å²) in [6, 6.07) is 4.73. The van der Waals surface area contributed by atoms with Crippen LogP contribution in [0.3, 0.4) is 0 Å². The summed E-state index contributed by atoms with van der Waals surface area (Å²) in [6.07, 6.45) is 0. The highest BCUT2D eigenvalue weighted by Gasteiger charge is 2.46. The predicted molar refractivity (Wildman–Crippen MR) is 98.1 cm³/mol. The van der Waals surface area contributed by atoms with Gasteiger partial charge in [-0.05, 0) is 17.7 Å². The molecular weight excluding hydrogens is 350 g/mol. The molecule has 8 nitrogen and oxygen atoms in total. The number of fused-ring (bicyclic) bond motifs is 1. The molecule has 2 saturated heterocycles. The summed E-state index contributed by atoms with van der Waals surface area (Å²) < 4.78 is 10.6. The highest BCUT2D eigenvalue weighted by molar-refractivity contribution is 5.97. The molecule has 0 aliphatic carbocycles. The number of methoxy groups -OCH3 is 2. The van der Waals surface area contributed by atoms with Crippen molar-refractivity contribution in [1.29, 1.82) is 0 Å².